The standard InChI is InChI=1S/C70H67N4O.Pt/c1-67(2,3)50-30-32-57(61(42-50)70(10,11)12)47-34-35-71-66(40-47)74-62-27-19-17-25-58(62)59-33-31-54(44-65(59)74)75-55-39-49(56-24-16-18-26-60(56)69(7,8)9)38-53(43-55)73-45-72(63-28-20-21-29-64(63)73)52-37-48(46-22-14-13-15-23-46)36-51(41-52)68(4,5)6;/h13-42,45H,1-12H3;/q-3;. The van der Waals surface area contributed by atoms with Gasteiger partial charge in [0.05, 0.1) is 0 Å². The summed E-state index contributed by atoms with van der Waals surface area (Å²) in [5, 5.41) is 2.20. The summed E-state index contributed by atoms with van der Waals surface area (Å²) >= 11 is 0. The van der Waals surface area contributed by atoms with Gasteiger partial charge in [-0.05, 0) is 120 Å². The summed E-state index contributed by atoms with van der Waals surface area (Å²) in [5.74, 6) is 1.99. The van der Waals surface area contributed by atoms with Crippen molar-refractivity contribution in [1.82, 2.24) is 9.55 Å². The number of ether oxygens (including phenoxy) is 1. The number of fused-ring (bicyclic) bond motifs is 4. The predicted molar refractivity (Wildman–Crippen MR) is 315 cm³/mol. The maximum absolute atomic E-state index is 7.06. The second kappa shape index (κ2) is 19.7. The van der Waals surface area contributed by atoms with E-state index in [0.717, 1.165) is 67.1 Å². The van der Waals surface area contributed by atoms with Crippen molar-refractivity contribution in [2.24, 2.45) is 0 Å². The smallest absolute Gasteiger partial charge is 0.136 e. The van der Waals surface area contributed by atoms with E-state index < -0.39 is 0 Å². The fraction of sp³-hybridized carbons (Fsp3) is 0.229. The third kappa shape index (κ3) is 10.0. The molecule has 6 heteroatoms. The molecule has 0 amide bonds. The molecule has 0 bridgehead atoms. The Hall–Kier alpha value is -7.20. The minimum atomic E-state index is -0.114. The molecular formula is C70H67N4OPt-3. The molecule has 3 heterocycles. The van der Waals surface area contributed by atoms with Crippen LogP contribution in [0.4, 0.5) is 22.7 Å². The summed E-state index contributed by atoms with van der Waals surface area (Å²) in [6, 6.07) is 71.0. The molecule has 0 atom stereocenters. The van der Waals surface area contributed by atoms with Gasteiger partial charge in [0.25, 0.3) is 0 Å². The number of anilines is 4. The topological polar surface area (TPSA) is 33.5 Å². The molecule has 0 unspecified atom stereocenters. The van der Waals surface area contributed by atoms with Crippen molar-refractivity contribution in [3.63, 3.8) is 0 Å². The first-order valence-corrected chi connectivity index (χ1v) is 26.3. The molecule has 5 nitrogen and oxygen atoms in total. The first kappa shape index (κ1) is 52.2. The summed E-state index contributed by atoms with van der Waals surface area (Å²) < 4.78 is 9.30. The van der Waals surface area contributed by atoms with Gasteiger partial charge in [0.1, 0.15) is 5.82 Å². The van der Waals surface area contributed by atoms with E-state index in [-0.39, 0.29) is 42.7 Å². The maximum atomic E-state index is 7.06. The number of para-hydroxylation sites is 3. The Bertz CT molecular complexity index is 3780. The van der Waals surface area contributed by atoms with Crippen LogP contribution >= 0.6 is 0 Å². The third-order valence-electron chi connectivity index (χ3n) is 14.7. The summed E-state index contributed by atoms with van der Waals surface area (Å²) in [4.78, 5) is 9.63. The average Bonchev–Trinajstić information content (AvgIpc) is 4.02. The molecule has 0 saturated carbocycles. The summed E-state index contributed by atoms with van der Waals surface area (Å²) in [5.41, 5.74) is 17.8. The molecule has 8 aromatic carbocycles. The molecule has 0 N–H and O–H groups in total. The molecule has 0 fully saturated rings. The van der Waals surface area contributed by atoms with Gasteiger partial charge in [0, 0.05) is 61.3 Å². The number of rotatable bonds is 8. The maximum Gasteiger partial charge on any atom is 0.136 e. The fourth-order valence-electron chi connectivity index (χ4n) is 10.6. The SMILES string of the molecule is CC(C)(C)c1cc(-c2ccccc2)cc(N2[CH-]N(c3[c-]c(Oc4[c-]c5c(cc4)c4ccccc4n5-c4cc(-c5ccc(C(C)(C)C)cc5C(C)(C)C)ccn4)cc(-c4ccccc4C(C)(C)C)c3)c3ccccc32)c1.[Pt]. The van der Waals surface area contributed by atoms with Crippen LogP contribution in [0.15, 0.2) is 182 Å². The molecule has 0 saturated heterocycles. The van der Waals surface area contributed by atoms with Crippen LogP contribution in [0, 0.1) is 18.8 Å². The monoisotopic (exact) mass is 1170 g/mol. The number of hydrogen-bond donors (Lipinski definition) is 0. The Morgan fingerprint density at radius 2 is 1.11 bits per heavy atom. The van der Waals surface area contributed by atoms with Gasteiger partial charge >= 0.3 is 0 Å². The van der Waals surface area contributed by atoms with E-state index in [1.165, 1.54) is 38.9 Å². The Kier molecular flexibility index (Phi) is 13.6. The number of hydrogen-bond acceptors (Lipinski definition) is 4. The van der Waals surface area contributed by atoms with Crippen LogP contribution in [0.3, 0.4) is 0 Å². The van der Waals surface area contributed by atoms with Gasteiger partial charge in [-0.2, -0.15) is 6.07 Å². The van der Waals surface area contributed by atoms with Crippen LogP contribution in [0.5, 0.6) is 11.5 Å². The number of nitrogens with zero attached hydrogens (tertiary/aromatic N) is 4. The Morgan fingerprint density at radius 1 is 0.447 bits per heavy atom. The number of pyridine rings is 1. The molecule has 2 aromatic heterocycles. The van der Waals surface area contributed by atoms with Crippen LogP contribution < -0.4 is 14.5 Å². The molecule has 11 rings (SSSR count). The van der Waals surface area contributed by atoms with Crippen molar-refractivity contribution in [3.8, 4) is 50.7 Å². The van der Waals surface area contributed by atoms with Gasteiger partial charge in [0.2, 0.25) is 0 Å². The van der Waals surface area contributed by atoms with E-state index in [1.54, 1.807) is 0 Å². The fourth-order valence-corrected chi connectivity index (χ4v) is 10.6. The Morgan fingerprint density at radius 3 is 1.83 bits per heavy atom. The molecule has 0 radical (unpaired) electrons. The molecule has 76 heavy (non-hydrogen) atoms. The van der Waals surface area contributed by atoms with Gasteiger partial charge in [-0.3, -0.25) is 0 Å². The van der Waals surface area contributed by atoms with Crippen LogP contribution in [0.25, 0.3) is 61.0 Å². The van der Waals surface area contributed by atoms with Crippen molar-refractivity contribution in [2.75, 3.05) is 9.80 Å². The van der Waals surface area contributed by atoms with Crippen molar-refractivity contribution < 1.29 is 25.8 Å². The van der Waals surface area contributed by atoms with Crippen LogP contribution in [-0.2, 0) is 42.7 Å². The van der Waals surface area contributed by atoms with Crippen molar-refractivity contribution >= 4 is 44.6 Å². The van der Waals surface area contributed by atoms with Crippen molar-refractivity contribution in [1.29, 1.82) is 0 Å². The van der Waals surface area contributed by atoms with E-state index in [9.17, 15) is 0 Å². The van der Waals surface area contributed by atoms with Gasteiger partial charge in [-0.25, -0.2) is 4.98 Å². The minimum absolute atomic E-state index is 0. The first-order valence-electron chi connectivity index (χ1n) is 26.3. The zero-order valence-corrected chi connectivity index (χ0v) is 48.2. The van der Waals surface area contributed by atoms with Gasteiger partial charge in [-0.1, -0.05) is 198 Å². The second-order valence-electron chi connectivity index (χ2n) is 24.3. The summed E-state index contributed by atoms with van der Waals surface area (Å²) in [7, 11) is 0. The third-order valence-corrected chi connectivity index (χ3v) is 14.7. The van der Waals surface area contributed by atoms with E-state index >= 15 is 0 Å². The predicted octanol–water partition coefficient (Wildman–Crippen LogP) is 19.2. The molecule has 0 spiro atoms. The van der Waals surface area contributed by atoms with Gasteiger partial charge in [0.15, 0.2) is 0 Å². The zero-order valence-electron chi connectivity index (χ0n) is 45.9. The number of benzene rings is 8. The van der Waals surface area contributed by atoms with Crippen molar-refractivity contribution in [3.05, 3.63) is 223 Å². The molecule has 386 valence electrons. The largest absolute Gasteiger partial charge is 0.509 e. The Balaban J connectivity index is 0.00000657. The molecule has 1 aliphatic rings. The second-order valence-corrected chi connectivity index (χ2v) is 24.3. The quantitative estimate of drug-likeness (QED) is 0.142. The van der Waals surface area contributed by atoms with Gasteiger partial charge < -0.3 is 19.1 Å². The molecular weight excluding hydrogens is 1110 g/mol. The van der Waals surface area contributed by atoms with Crippen LogP contribution in [0.1, 0.15) is 105 Å². The first-order chi connectivity index (χ1) is 35.7. The number of aromatic nitrogens is 2. The van der Waals surface area contributed by atoms with E-state index in [2.05, 4.69) is 286 Å². The van der Waals surface area contributed by atoms with Gasteiger partial charge in [-0.15, -0.1) is 53.6 Å². The van der Waals surface area contributed by atoms with Crippen molar-refractivity contribution in [2.45, 2.75) is 105 Å². The van der Waals surface area contributed by atoms with E-state index in [1.807, 2.05) is 12.3 Å². The minimum Gasteiger partial charge on any atom is -0.509 e. The Labute approximate surface area is 465 Å². The molecule has 10 aromatic rings. The van der Waals surface area contributed by atoms with E-state index in [0.29, 0.717) is 11.5 Å². The van der Waals surface area contributed by atoms with Crippen LogP contribution in [-0.4, -0.2) is 9.55 Å². The average molecular weight is 1180 g/mol. The molecule has 1 aliphatic heterocycles. The van der Waals surface area contributed by atoms with E-state index in [4.69, 9.17) is 9.72 Å². The summed E-state index contributed by atoms with van der Waals surface area (Å²) in [6.07, 6.45) is 1.94. The summed E-state index contributed by atoms with van der Waals surface area (Å²) in [6.45, 7) is 29.6. The zero-order chi connectivity index (χ0) is 52.6. The normalized spacial score (nSPS) is 13.1. The van der Waals surface area contributed by atoms with Crippen LogP contribution in [0.2, 0.25) is 0 Å². The molecule has 0 aliphatic carbocycles.